The van der Waals surface area contributed by atoms with Crippen LogP contribution in [0.1, 0.15) is 0 Å². The summed E-state index contributed by atoms with van der Waals surface area (Å²) in [6.45, 7) is 0.0143. The zero-order valence-corrected chi connectivity index (χ0v) is 10.7. The van der Waals surface area contributed by atoms with Gasteiger partial charge in [-0.05, 0) is 12.1 Å². The first-order valence-corrected chi connectivity index (χ1v) is 7.72. The molecule has 94 valence electrons. The molecule has 0 unspecified atom stereocenters. The molecule has 1 aliphatic heterocycles. The maximum absolute atomic E-state index is 11.6. The third kappa shape index (κ3) is 2.24. The molecule has 0 aromatic heterocycles. The van der Waals surface area contributed by atoms with Crippen molar-refractivity contribution < 1.29 is 16.8 Å². The van der Waals surface area contributed by atoms with Crippen LogP contribution >= 0.6 is 11.6 Å². The van der Waals surface area contributed by atoms with Gasteiger partial charge in [0.2, 0.25) is 20.0 Å². The Morgan fingerprint density at radius 2 is 2.00 bits per heavy atom. The van der Waals surface area contributed by atoms with Crippen molar-refractivity contribution in [2.75, 3.05) is 12.0 Å². The molecule has 1 aliphatic rings. The second kappa shape index (κ2) is 3.82. The predicted molar refractivity (Wildman–Crippen MR) is 61.6 cm³/mol. The fourth-order valence-electron chi connectivity index (χ4n) is 1.42. The molecule has 0 amide bonds. The smallest absolute Gasteiger partial charge is 0.244 e. The molecular weight excluding hydrogens is 292 g/mol. The lowest BCUT2D eigenvalue weighted by Gasteiger charge is -2.20. The van der Waals surface area contributed by atoms with E-state index in [1.807, 2.05) is 0 Å². The first-order chi connectivity index (χ1) is 7.72. The third-order valence-electron chi connectivity index (χ3n) is 2.17. The van der Waals surface area contributed by atoms with E-state index >= 15 is 0 Å². The second-order valence-corrected chi connectivity index (χ2v) is 7.00. The molecule has 4 N–H and O–H groups in total. The van der Waals surface area contributed by atoms with Crippen molar-refractivity contribution in [3.8, 4) is 0 Å². The summed E-state index contributed by atoms with van der Waals surface area (Å²) in [4.78, 5) is -0.621. The number of nitrogens with one attached hydrogen (secondary N) is 2. The van der Waals surface area contributed by atoms with Crippen molar-refractivity contribution in [2.24, 2.45) is 5.14 Å². The minimum Gasteiger partial charge on any atom is -0.370 e. The number of fused-ring (bicyclic) bond motifs is 1. The highest BCUT2D eigenvalue weighted by molar-refractivity contribution is 7.90. The van der Waals surface area contributed by atoms with Crippen LogP contribution in [0.4, 0.5) is 5.69 Å². The minimum atomic E-state index is -4.07. The molecule has 0 spiro atoms. The summed E-state index contributed by atoms with van der Waals surface area (Å²) in [6.07, 6.45) is 0. The number of sulfonamides is 2. The van der Waals surface area contributed by atoms with Gasteiger partial charge in [0, 0.05) is 0 Å². The average molecular weight is 300 g/mol. The van der Waals surface area contributed by atoms with Gasteiger partial charge in [0.15, 0.2) is 0 Å². The van der Waals surface area contributed by atoms with Crippen LogP contribution in [0, 0.1) is 0 Å². The second-order valence-electron chi connectivity index (χ2n) is 3.33. The highest BCUT2D eigenvalue weighted by atomic mass is 35.5. The Labute approximate surface area is 103 Å². The van der Waals surface area contributed by atoms with Crippen molar-refractivity contribution in [3.63, 3.8) is 0 Å². The summed E-state index contributed by atoms with van der Waals surface area (Å²) < 4.78 is 47.9. The van der Waals surface area contributed by atoms with Gasteiger partial charge < -0.3 is 5.32 Å². The van der Waals surface area contributed by atoms with E-state index in [-0.39, 0.29) is 22.3 Å². The van der Waals surface area contributed by atoms with Gasteiger partial charge in [0.1, 0.15) is 9.79 Å². The van der Waals surface area contributed by atoms with Crippen LogP contribution in [0.5, 0.6) is 0 Å². The Kier molecular flexibility index (Phi) is 2.83. The Morgan fingerprint density at radius 3 is 2.59 bits per heavy atom. The van der Waals surface area contributed by atoms with Gasteiger partial charge in [-0.15, -0.1) is 0 Å². The van der Waals surface area contributed by atoms with Crippen molar-refractivity contribution in [1.82, 2.24) is 4.72 Å². The van der Waals surface area contributed by atoms with E-state index in [0.717, 1.165) is 6.07 Å². The summed E-state index contributed by atoms with van der Waals surface area (Å²) in [7, 11) is -7.80. The van der Waals surface area contributed by atoms with Gasteiger partial charge >= 0.3 is 0 Å². The molecule has 0 fully saturated rings. The number of hydrogen-bond donors (Lipinski definition) is 3. The summed E-state index contributed by atoms with van der Waals surface area (Å²) in [5.74, 6) is 0. The van der Waals surface area contributed by atoms with Gasteiger partial charge in [-0.1, -0.05) is 11.6 Å². The number of nitrogens with two attached hydrogens (primary N) is 1. The molecule has 10 heteroatoms. The molecule has 7 nitrogen and oxygen atoms in total. The molecule has 1 aromatic carbocycles. The maximum Gasteiger partial charge on any atom is 0.244 e. The van der Waals surface area contributed by atoms with Crippen molar-refractivity contribution in [2.45, 2.75) is 9.79 Å². The number of primary sulfonamides is 1. The van der Waals surface area contributed by atoms with E-state index in [2.05, 4.69) is 10.0 Å². The summed E-state index contributed by atoms with van der Waals surface area (Å²) in [6, 6.07) is 2.15. The lowest BCUT2D eigenvalue weighted by molar-refractivity contribution is 0.581. The lowest BCUT2D eigenvalue weighted by Crippen LogP contribution is -2.34. The van der Waals surface area contributed by atoms with E-state index in [0.29, 0.717) is 0 Å². The Bertz CT molecular complexity index is 683. The Hall–Kier alpha value is -0.870. The first kappa shape index (κ1) is 12.6. The molecule has 0 saturated carbocycles. The van der Waals surface area contributed by atoms with Crippen molar-refractivity contribution in [1.29, 1.82) is 0 Å². The van der Waals surface area contributed by atoms with Gasteiger partial charge in [0.25, 0.3) is 0 Å². The molecule has 0 bridgehead atoms. The van der Waals surface area contributed by atoms with E-state index in [9.17, 15) is 16.8 Å². The van der Waals surface area contributed by atoms with Crippen LogP contribution in [-0.4, -0.2) is 23.5 Å². The van der Waals surface area contributed by atoms with Gasteiger partial charge in [-0.2, -0.15) is 4.72 Å². The van der Waals surface area contributed by atoms with E-state index in [1.165, 1.54) is 6.07 Å². The van der Waals surface area contributed by atoms with E-state index in [1.54, 1.807) is 0 Å². The van der Waals surface area contributed by atoms with Gasteiger partial charge in [-0.3, -0.25) is 0 Å². The standard InChI is InChI=1S/C7H8ClN3O4S2/c8-4-1-5-7(2-6(4)16(9,12)13)17(14,15)11-3-10-5/h1-2,10-11H,3H2,(H2,9,12,13)/i3+2. The third-order valence-corrected chi connectivity index (χ3v) is 4.99. The van der Waals surface area contributed by atoms with Crippen LogP contribution < -0.4 is 15.2 Å². The number of hydrogen-bond acceptors (Lipinski definition) is 5. The van der Waals surface area contributed by atoms with Crippen LogP contribution in [-0.2, 0) is 20.0 Å². The number of anilines is 1. The summed E-state index contributed by atoms with van der Waals surface area (Å²) >= 11 is 5.72. The van der Waals surface area contributed by atoms with Crippen LogP contribution in [0.2, 0.25) is 5.02 Å². The highest BCUT2D eigenvalue weighted by Gasteiger charge is 2.26. The normalized spacial score (nSPS) is 18.2. The molecule has 1 heterocycles. The number of benzene rings is 1. The quantitative estimate of drug-likeness (QED) is 0.655. The van der Waals surface area contributed by atoms with Crippen LogP contribution in [0.3, 0.4) is 0 Å². The van der Waals surface area contributed by atoms with Gasteiger partial charge in [0.05, 0.1) is 17.4 Å². The number of halogens is 1. The molecule has 0 radical (unpaired) electrons. The number of rotatable bonds is 1. The van der Waals surface area contributed by atoms with Crippen LogP contribution in [0.15, 0.2) is 21.9 Å². The fraction of sp³-hybridized carbons (Fsp3) is 0.143. The predicted octanol–water partition coefficient (Wildman–Crippen LogP) is -0.351. The summed E-state index contributed by atoms with van der Waals surface area (Å²) in [5.41, 5.74) is 0.237. The van der Waals surface area contributed by atoms with Crippen molar-refractivity contribution in [3.05, 3.63) is 17.2 Å². The fourth-order valence-corrected chi connectivity index (χ4v) is 3.70. The molecular formula is C7H8ClN3O4S2. The molecule has 0 atom stereocenters. The maximum atomic E-state index is 11.6. The average Bonchev–Trinajstić information content (AvgIpc) is 2.13. The zero-order chi connectivity index (χ0) is 12.8. The molecule has 2 rings (SSSR count). The van der Waals surface area contributed by atoms with E-state index < -0.39 is 24.9 Å². The lowest BCUT2D eigenvalue weighted by atomic mass is 10.3. The Morgan fingerprint density at radius 1 is 1.35 bits per heavy atom. The van der Waals surface area contributed by atoms with Crippen LogP contribution in [0.25, 0.3) is 0 Å². The zero-order valence-electron chi connectivity index (χ0n) is 8.27. The molecule has 0 aliphatic carbocycles. The highest BCUT2D eigenvalue weighted by Crippen LogP contribution is 2.32. The van der Waals surface area contributed by atoms with Gasteiger partial charge in [-0.25, -0.2) is 22.0 Å². The topological polar surface area (TPSA) is 118 Å². The summed E-state index contributed by atoms with van der Waals surface area (Å²) in [5, 5.41) is 7.53. The molecule has 0 saturated heterocycles. The Balaban J connectivity index is 2.79. The molecule has 1 aromatic rings. The largest absolute Gasteiger partial charge is 0.370 e. The SMILES string of the molecule is NS(=O)(=O)c1cc2c(cc1Cl)N[14CH2]NS2(=O)=O. The monoisotopic (exact) mass is 299 g/mol. The first-order valence-electron chi connectivity index (χ1n) is 4.32. The van der Waals surface area contributed by atoms with E-state index in [4.69, 9.17) is 16.7 Å². The van der Waals surface area contributed by atoms with Crippen molar-refractivity contribution >= 4 is 37.3 Å². The molecule has 17 heavy (non-hydrogen) atoms. The minimum absolute atomic E-state index is 0.0143.